The van der Waals surface area contributed by atoms with Gasteiger partial charge in [0.2, 0.25) is 5.91 Å². The lowest BCUT2D eigenvalue weighted by molar-refractivity contribution is -0.113. The first-order chi connectivity index (χ1) is 12.4. The molecule has 26 heavy (non-hydrogen) atoms. The van der Waals surface area contributed by atoms with Gasteiger partial charge in [-0.3, -0.25) is 9.59 Å². The van der Waals surface area contributed by atoms with Crippen LogP contribution < -0.4 is 5.32 Å². The number of thioether (sulfide) groups is 1. The molecular formula is C18H16ClN3O3S. The van der Waals surface area contributed by atoms with Crippen molar-refractivity contribution in [3.63, 3.8) is 0 Å². The fourth-order valence-electron chi connectivity index (χ4n) is 2.22. The molecule has 0 bridgehead atoms. The minimum absolute atomic E-state index is 0.0884. The standard InChI is InChI=1S/C18H16ClN3O3S/c1-22(2)17(24)11-3-6-13(7-4-11)20-16(23)10-26-18-21-14-9-12(19)5-8-15(14)25-18/h3-9H,10H2,1-2H3,(H,20,23). The molecule has 0 aliphatic heterocycles. The van der Waals surface area contributed by atoms with Crippen molar-refractivity contribution in [3.8, 4) is 0 Å². The molecule has 0 saturated heterocycles. The SMILES string of the molecule is CN(C)C(=O)c1ccc(NC(=O)CSc2nc3cc(Cl)ccc3o2)cc1. The van der Waals surface area contributed by atoms with E-state index in [2.05, 4.69) is 10.3 Å². The molecule has 0 unspecified atom stereocenters. The minimum atomic E-state index is -0.193. The fraction of sp³-hybridized carbons (Fsp3) is 0.167. The maximum absolute atomic E-state index is 12.1. The summed E-state index contributed by atoms with van der Waals surface area (Å²) in [7, 11) is 3.38. The lowest BCUT2D eigenvalue weighted by atomic mass is 10.2. The van der Waals surface area contributed by atoms with Crippen molar-refractivity contribution in [1.82, 2.24) is 9.88 Å². The summed E-state index contributed by atoms with van der Waals surface area (Å²) in [4.78, 5) is 29.7. The summed E-state index contributed by atoms with van der Waals surface area (Å²) >= 11 is 7.11. The Morgan fingerprint density at radius 2 is 1.92 bits per heavy atom. The van der Waals surface area contributed by atoms with Crippen LogP contribution in [0.5, 0.6) is 0 Å². The van der Waals surface area contributed by atoms with E-state index in [1.165, 1.54) is 16.7 Å². The van der Waals surface area contributed by atoms with Crippen molar-refractivity contribution in [2.75, 3.05) is 25.2 Å². The topological polar surface area (TPSA) is 75.4 Å². The molecule has 1 heterocycles. The third-order valence-electron chi connectivity index (χ3n) is 3.48. The van der Waals surface area contributed by atoms with Gasteiger partial charge in [0.05, 0.1) is 5.75 Å². The maximum Gasteiger partial charge on any atom is 0.257 e. The number of oxazole rings is 1. The third-order valence-corrected chi connectivity index (χ3v) is 4.54. The highest BCUT2D eigenvalue weighted by Crippen LogP contribution is 2.25. The van der Waals surface area contributed by atoms with Crippen molar-refractivity contribution in [1.29, 1.82) is 0 Å². The highest BCUT2D eigenvalue weighted by atomic mass is 35.5. The van der Waals surface area contributed by atoms with E-state index in [4.69, 9.17) is 16.0 Å². The van der Waals surface area contributed by atoms with Gasteiger partial charge in [0.25, 0.3) is 11.1 Å². The van der Waals surface area contributed by atoms with Crippen molar-refractivity contribution >= 4 is 52.0 Å². The number of benzene rings is 2. The van der Waals surface area contributed by atoms with Gasteiger partial charge in [0.1, 0.15) is 5.52 Å². The third kappa shape index (κ3) is 4.36. The van der Waals surface area contributed by atoms with Gasteiger partial charge < -0.3 is 14.6 Å². The van der Waals surface area contributed by atoms with E-state index in [1.807, 2.05) is 0 Å². The van der Waals surface area contributed by atoms with E-state index in [0.29, 0.717) is 32.6 Å². The Balaban J connectivity index is 1.57. The predicted molar refractivity (Wildman–Crippen MR) is 103 cm³/mol. The number of halogens is 1. The van der Waals surface area contributed by atoms with Gasteiger partial charge in [-0.1, -0.05) is 23.4 Å². The number of fused-ring (bicyclic) bond motifs is 1. The molecule has 0 spiro atoms. The number of carbonyl (C=O) groups excluding carboxylic acids is 2. The van der Waals surface area contributed by atoms with Crippen LogP contribution in [0.2, 0.25) is 5.02 Å². The summed E-state index contributed by atoms with van der Waals surface area (Å²) in [5, 5.41) is 3.76. The molecular weight excluding hydrogens is 374 g/mol. The zero-order valence-electron chi connectivity index (χ0n) is 14.2. The summed E-state index contributed by atoms with van der Waals surface area (Å²) in [5.74, 6) is -0.129. The number of aromatic nitrogens is 1. The van der Waals surface area contributed by atoms with Crippen LogP contribution in [-0.2, 0) is 4.79 Å². The number of carbonyl (C=O) groups is 2. The van der Waals surface area contributed by atoms with Crippen LogP contribution in [-0.4, -0.2) is 41.5 Å². The largest absolute Gasteiger partial charge is 0.431 e. The molecule has 3 aromatic rings. The van der Waals surface area contributed by atoms with Crippen LogP contribution in [0, 0.1) is 0 Å². The lowest BCUT2D eigenvalue weighted by Gasteiger charge is -2.10. The van der Waals surface area contributed by atoms with Gasteiger partial charge >= 0.3 is 0 Å². The zero-order valence-corrected chi connectivity index (χ0v) is 15.7. The second kappa shape index (κ2) is 7.80. The number of hydrogen-bond acceptors (Lipinski definition) is 5. The Bertz CT molecular complexity index is 954. The molecule has 0 aliphatic carbocycles. The van der Waals surface area contributed by atoms with Gasteiger partial charge in [-0.15, -0.1) is 0 Å². The molecule has 1 N–H and O–H groups in total. The van der Waals surface area contributed by atoms with E-state index in [1.54, 1.807) is 56.6 Å². The molecule has 134 valence electrons. The normalized spacial score (nSPS) is 10.7. The highest BCUT2D eigenvalue weighted by molar-refractivity contribution is 7.99. The highest BCUT2D eigenvalue weighted by Gasteiger charge is 2.11. The van der Waals surface area contributed by atoms with E-state index in [9.17, 15) is 9.59 Å². The van der Waals surface area contributed by atoms with Crippen LogP contribution in [0.3, 0.4) is 0 Å². The molecule has 2 aromatic carbocycles. The molecule has 8 heteroatoms. The summed E-state index contributed by atoms with van der Waals surface area (Å²) in [5.41, 5.74) is 2.46. The summed E-state index contributed by atoms with van der Waals surface area (Å²) < 4.78 is 5.56. The monoisotopic (exact) mass is 389 g/mol. The Morgan fingerprint density at radius 3 is 2.62 bits per heavy atom. The summed E-state index contributed by atoms with van der Waals surface area (Å²) in [6, 6.07) is 11.9. The first-order valence-corrected chi connectivity index (χ1v) is 9.09. The van der Waals surface area contributed by atoms with Crippen molar-refractivity contribution in [2.45, 2.75) is 5.22 Å². The summed E-state index contributed by atoms with van der Waals surface area (Å²) in [6.45, 7) is 0. The maximum atomic E-state index is 12.1. The molecule has 6 nitrogen and oxygen atoms in total. The molecule has 0 atom stereocenters. The number of anilines is 1. The number of hydrogen-bond donors (Lipinski definition) is 1. The average Bonchev–Trinajstić information content (AvgIpc) is 3.02. The Morgan fingerprint density at radius 1 is 1.19 bits per heavy atom. The smallest absolute Gasteiger partial charge is 0.257 e. The van der Waals surface area contributed by atoms with E-state index in [-0.39, 0.29) is 17.6 Å². The quantitative estimate of drug-likeness (QED) is 0.669. The fourth-order valence-corrected chi connectivity index (χ4v) is 3.02. The number of rotatable bonds is 5. The lowest BCUT2D eigenvalue weighted by Crippen LogP contribution is -2.21. The van der Waals surface area contributed by atoms with Crippen LogP contribution in [0.4, 0.5) is 5.69 Å². The van der Waals surface area contributed by atoms with Gasteiger partial charge in [-0.25, -0.2) is 4.98 Å². The summed E-state index contributed by atoms with van der Waals surface area (Å²) in [6.07, 6.45) is 0. The first-order valence-electron chi connectivity index (χ1n) is 7.73. The Hall–Kier alpha value is -2.51. The van der Waals surface area contributed by atoms with Gasteiger partial charge in [0.15, 0.2) is 5.58 Å². The number of amides is 2. The number of nitrogens with zero attached hydrogens (tertiary/aromatic N) is 2. The van der Waals surface area contributed by atoms with E-state index in [0.717, 1.165) is 0 Å². The zero-order chi connectivity index (χ0) is 18.7. The first kappa shape index (κ1) is 18.3. The second-order valence-electron chi connectivity index (χ2n) is 5.71. The Labute approximate surface area is 159 Å². The molecule has 2 amide bonds. The molecule has 0 saturated carbocycles. The van der Waals surface area contributed by atoms with Crippen LogP contribution >= 0.6 is 23.4 Å². The van der Waals surface area contributed by atoms with Crippen LogP contribution in [0.15, 0.2) is 52.1 Å². The van der Waals surface area contributed by atoms with Crippen molar-refractivity contribution < 1.29 is 14.0 Å². The van der Waals surface area contributed by atoms with Crippen LogP contribution in [0.25, 0.3) is 11.1 Å². The second-order valence-corrected chi connectivity index (χ2v) is 7.07. The van der Waals surface area contributed by atoms with Crippen molar-refractivity contribution in [2.24, 2.45) is 0 Å². The van der Waals surface area contributed by atoms with Crippen LogP contribution in [0.1, 0.15) is 10.4 Å². The average molecular weight is 390 g/mol. The molecule has 3 rings (SSSR count). The molecule has 0 radical (unpaired) electrons. The van der Waals surface area contributed by atoms with Gasteiger partial charge in [0, 0.05) is 30.4 Å². The van der Waals surface area contributed by atoms with Gasteiger partial charge in [-0.05, 0) is 42.5 Å². The Kier molecular flexibility index (Phi) is 5.49. The van der Waals surface area contributed by atoms with Gasteiger partial charge in [-0.2, -0.15) is 0 Å². The minimum Gasteiger partial charge on any atom is -0.431 e. The molecule has 1 aromatic heterocycles. The number of nitrogens with one attached hydrogen (secondary N) is 1. The molecule has 0 fully saturated rings. The van der Waals surface area contributed by atoms with Crippen molar-refractivity contribution in [3.05, 3.63) is 53.1 Å². The predicted octanol–water partition coefficient (Wildman–Crippen LogP) is 3.91. The van der Waals surface area contributed by atoms with E-state index >= 15 is 0 Å². The molecule has 0 aliphatic rings. The van der Waals surface area contributed by atoms with E-state index < -0.39 is 0 Å².